The lowest BCUT2D eigenvalue weighted by atomic mass is 9.47. The van der Waals surface area contributed by atoms with Crippen molar-refractivity contribution in [1.82, 2.24) is 0 Å². The first-order valence-electron chi connectivity index (χ1n) is 14.1. The number of hydrogen-bond acceptors (Lipinski definition) is 4. The van der Waals surface area contributed by atoms with Gasteiger partial charge in [-0.25, -0.2) is 0 Å². The molecule has 0 bridgehead atoms. The number of fused-ring (bicyclic) bond motifs is 5. The van der Waals surface area contributed by atoms with Gasteiger partial charge in [-0.05, 0) is 80.5 Å². The molecule has 190 valence electrons. The highest BCUT2D eigenvalue weighted by atomic mass is 16.9. The number of unbranched alkanes of at least 4 members (excludes halogenated alkanes) is 1. The minimum Gasteiger partial charge on any atom is -0.353 e. The summed E-state index contributed by atoms with van der Waals surface area (Å²) in [5.74, 6) is 5.64. The molecule has 4 aliphatic carbocycles. The number of ether oxygens (including phenoxy) is 4. The van der Waals surface area contributed by atoms with Crippen molar-refractivity contribution in [2.45, 2.75) is 117 Å². The van der Waals surface area contributed by atoms with E-state index >= 15 is 0 Å². The first-order chi connectivity index (χ1) is 16.3. The van der Waals surface area contributed by atoms with E-state index in [1.165, 1.54) is 38.5 Å². The second kappa shape index (κ2) is 9.55. The molecule has 0 radical (unpaired) electrons. The van der Waals surface area contributed by atoms with E-state index < -0.39 is 5.79 Å². The van der Waals surface area contributed by atoms with Crippen LogP contribution in [-0.4, -0.2) is 31.6 Å². The molecule has 7 atom stereocenters. The molecule has 0 N–H and O–H groups in total. The molecular weight excluding hydrogens is 424 g/mol. The molecule has 5 aliphatic rings. The van der Waals surface area contributed by atoms with E-state index in [4.69, 9.17) is 25.4 Å². The summed E-state index contributed by atoms with van der Waals surface area (Å²) in [4.78, 5) is 0. The van der Waals surface area contributed by atoms with Crippen LogP contribution in [0.1, 0.15) is 98.3 Å². The fourth-order valence-electron chi connectivity index (χ4n) is 8.46. The number of allylic oxidation sites excluding steroid dienone is 1. The van der Waals surface area contributed by atoms with Gasteiger partial charge in [-0.1, -0.05) is 38.8 Å². The minimum absolute atomic E-state index is 0.140. The van der Waals surface area contributed by atoms with Gasteiger partial charge in [0.05, 0.1) is 6.61 Å². The Hall–Kier alpha value is -0.860. The van der Waals surface area contributed by atoms with Crippen LogP contribution in [0.15, 0.2) is 11.6 Å². The summed E-state index contributed by atoms with van der Waals surface area (Å²) in [6, 6.07) is 0. The van der Waals surface area contributed by atoms with Crippen LogP contribution in [0.4, 0.5) is 0 Å². The topological polar surface area (TPSA) is 36.9 Å². The van der Waals surface area contributed by atoms with Gasteiger partial charge >= 0.3 is 0 Å². The monoisotopic (exact) mass is 470 g/mol. The summed E-state index contributed by atoms with van der Waals surface area (Å²) in [6.07, 6.45) is 20.7. The van der Waals surface area contributed by atoms with Crippen molar-refractivity contribution in [3.8, 4) is 12.3 Å². The molecule has 1 spiro atoms. The van der Waals surface area contributed by atoms with Crippen LogP contribution < -0.4 is 0 Å². The Morgan fingerprint density at radius 1 is 1.09 bits per heavy atom. The number of rotatable bonds is 8. The van der Waals surface area contributed by atoms with Crippen LogP contribution in [0.5, 0.6) is 0 Å². The SMILES string of the molecule is C#C[C@H]1CC[C@H]2[C@@H]3CC=C4CC5(CC[C@]4(C)[C@H]3CC[C@]12C)OC(CCOC(C)OCCCC)O5. The molecule has 0 amide bonds. The van der Waals surface area contributed by atoms with Crippen LogP contribution in [0.25, 0.3) is 0 Å². The molecular formula is C30H46O4. The zero-order valence-corrected chi connectivity index (χ0v) is 21.9. The molecule has 4 heteroatoms. The lowest BCUT2D eigenvalue weighted by Gasteiger charge is -2.61. The maximum absolute atomic E-state index is 6.39. The molecule has 4 fully saturated rings. The van der Waals surface area contributed by atoms with Gasteiger partial charge in [-0.3, -0.25) is 0 Å². The third kappa shape index (κ3) is 4.19. The molecule has 1 saturated heterocycles. The van der Waals surface area contributed by atoms with Gasteiger partial charge in [-0.2, -0.15) is 0 Å². The smallest absolute Gasteiger partial charge is 0.178 e. The third-order valence-electron chi connectivity index (χ3n) is 10.6. The fourth-order valence-corrected chi connectivity index (χ4v) is 8.46. The maximum atomic E-state index is 6.39. The van der Waals surface area contributed by atoms with Gasteiger partial charge in [-0.15, -0.1) is 12.3 Å². The second-order valence-electron chi connectivity index (χ2n) is 12.3. The van der Waals surface area contributed by atoms with Gasteiger partial charge < -0.3 is 18.9 Å². The molecule has 4 nitrogen and oxygen atoms in total. The van der Waals surface area contributed by atoms with Crippen molar-refractivity contribution in [1.29, 1.82) is 0 Å². The molecule has 0 aromatic rings. The molecule has 0 aromatic heterocycles. The molecule has 1 unspecified atom stereocenters. The van der Waals surface area contributed by atoms with Crippen LogP contribution in [0.3, 0.4) is 0 Å². The maximum Gasteiger partial charge on any atom is 0.178 e. The Bertz CT molecular complexity index is 807. The van der Waals surface area contributed by atoms with E-state index in [-0.39, 0.29) is 12.6 Å². The van der Waals surface area contributed by atoms with Gasteiger partial charge in [0.2, 0.25) is 0 Å². The van der Waals surface area contributed by atoms with Crippen molar-refractivity contribution >= 4 is 0 Å². The van der Waals surface area contributed by atoms with Crippen molar-refractivity contribution in [3.63, 3.8) is 0 Å². The summed E-state index contributed by atoms with van der Waals surface area (Å²) in [5, 5.41) is 0. The zero-order chi connectivity index (χ0) is 24.0. The average molecular weight is 471 g/mol. The van der Waals surface area contributed by atoms with Crippen molar-refractivity contribution in [2.24, 2.45) is 34.5 Å². The van der Waals surface area contributed by atoms with E-state index in [0.29, 0.717) is 23.4 Å². The predicted octanol–water partition coefficient (Wildman–Crippen LogP) is 6.84. The van der Waals surface area contributed by atoms with Gasteiger partial charge in [0.15, 0.2) is 18.4 Å². The molecule has 5 rings (SSSR count). The van der Waals surface area contributed by atoms with Crippen molar-refractivity contribution in [2.75, 3.05) is 13.2 Å². The van der Waals surface area contributed by atoms with Gasteiger partial charge in [0.1, 0.15) is 0 Å². The molecule has 0 aromatic carbocycles. The summed E-state index contributed by atoms with van der Waals surface area (Å²) >= 11 is 0. The van der Waals surface area contributed by atoms with E-state index in [9.17, 15) is 0 Å². The first kappa shape index (κ1) is 24.8. The van der Waals surface area contributed by atoms with Gasteiger partial charge in [0, 0.05) is 31.8 Å². The number of hydrogen-bond donors (Lipinski definition) is 0. The Morgan fingerprint density at radius 2 is 1.88 bits per heavy atom. The number of terminal acetylenes is 1. The lowest BCUT2D eigenvalue weighted by Crippen LogP contribution is -2.59. The molecule has 34 heavy (non-hydrogen) atoms. The zero-order valence-electron chi connectivity index (χ0n) is 21.9. The minimum atomic E-state index is -0.392. The Morgan fingerprint density at radius 3 is 2.65 bits per heavy atom. The fraction of sp³-hybridized carbons (Fsp3) is 0.867. The predicted molar refractivity (Wildman–Crippen MR) is 134 cm³/mol. The lowest BCUT2D eigenvalue weighted by molar-refractivity contribution is -0.460. The summed E-state index contributed by atoms with van der Waals surface area (Å²) < 4.78 is 24.2. The Balaban J connectivity index is 1.15. The molecule has 1 heterocycles. The molecule has 1 aliphatic heterocycles. The van der Waals surface area contributed by atoms with Crippen LogP contribution in [0, 0.1) is 46.8 Å². The summed E-state index contributed by atoms with van der Waals surface area (Å²) in [5.41, 5.74) is 2.26. The normalized spacial score (nSPS) is 46.0. The van der Waals surface area contributed by atoms with E-state index in [1.807, 2.05) is 6.92 Å². The van der Waals surface area contributed by atoms with Crippen LogP contribution in [-0.2, 0) is 18.9 Å². The molecule has 3 saturated carbocycles. The van der Waals surface area contributed by atoms with Crippen molar-refractivity contribution < 1.29 is 18.9 Å². The standard InChI is InChI=1S/C30H46O4/c1-6-8-18-31-21(3)32-19-14-27-33-30(34-27)17-16-29(5)23(20-30)9-11-24-25-12-10-22(7-2)28(25,4)15-13-26(24)29/h2,9,21-22,24-27H,6,8,10-20H2,1,3-5H3/t21?,22-,24-,25-,26-,27?,28+,29-,30?/m0/s1. The van der Waals surface area contributed by atoms with Gasteiger partial charge in [0.25, 0.3) is 0 Å². The summed E-state index contributed by atoms with van der Waals surface area (Å²) in [6.45, 7) is 10.6. The average Bonchev–Trinajstić information content (AvgIpc) is 3.14. The van der Waals surface area contributed by atoms with E-state index in [1.54, 1.807) is 5.57 Å². The Kier molecular flexibility index (Phi) is 6.97. The highest BCUT2D eigenvalue weighted by Gasteiger charge is 2.61. The van der Waals surface area contributed by atoms with E-state index in [2.05, 4.69) is 32.8 Å². The van der Waals surface area contributed by atoms with Crippen LogP contribution >= 0.6 is 0 Å². The summed E-state index contributed by atoms with van der Waals surface area (Å²) in [7, 11) is 0. The Labute approximate surface area is 207 Å². The highest BCUT2D eigenvalue weighted by molar-refractivity contribution is 5.27. The van der Waals surface area contributed by atoms with Crippen molar-refractivity contribution in [3.05, 3.63) is 11.6 Å². The second-order valence-corrected chi connectivity index (χ2v) is 12.3. The first-order valence-corrected chi connectivity index (χ1v) is 14.1. The third-order valence-corrected chi connectivity index (χ3v) is 10.6. The quantitative estimate of drug-likeness (QED) is 0.168. The highest BCUT2D eigenvalue weighted by Crippen LogP contribution is 2.67. The van der Waals surface area contributed by atoms with E-state index in [0.717, 1.165) is 56.5 Å². The largest absolute Gasteiger partial charge is 0.353 e. The van der Waals surface area contributed by atoms with Crippen LogP contribution in [0.2, 0.25) is 0 Å².